The Balaban J connectivity index is 0.000000162. The van der Waals surface area contributed by atoms with Crippen LogP contribution in [0.2, 0.25) is 0 Å². The number of aromatic nitrogens is 2. The third-order valence-corrected chi connectivity index (χ3v) is 15.0. The molecule has 12 heteroatoms. The highest BCUT2D eigenvalue weighted by Crippen LogP contribution is 2.45. The van der Waals surface area contributed by atoms with E-state index in [1.165, 1.54) is 34.1 Å². The zero-order chi connectivity index (χ0) is 53.1. The maximum absolute atomic E-state index is 13.8. The van der Waals surface area contributed by atoms with Gasteiger partial charge < -0.3 is 5.11 Å². The number of carbonyl (C=O) groups excluding carboxylic acids is 5. The molecule has 12 rings (SSSR count). The van der Waals surface area contributed by atoms with Crippen molar-refractivity contribution in [2.45, 2.75) is 84.7 Å². The smallest absolute Gasteiger partial charge is 0.266 e. The summed E-state index contributed by atoms with van der Waals surface area (Å²) in [6.07, 6.45) is 5.37. The Kier molecular flexibility index (Phi) is 13.0. The number of benzene rings is 6. The van der Waals surface area contributed by atoms with Crippen LogP contribution in [0.1, 0.15) is 143 Å². The molecule has 4 heterocycles. The van der Waals surface area contributed by atoms with E-state index in [-0.39, 0.29) is 53.7 Å². The summed E-state index contributed by atoms with van der Waals surface area (Å²) in [5.41, 5.74) is 16.4. The molecule has 0 saturated heterocycles. The van der Waals surface area contributed by atoms with Crippen molar-refractivity contribution < 1.29 is 37.9 Å². The number of pyridine rings is 2. The van der Waals surface area contributed by atoms with Gasteiger partial charge >= 0.3 is 0 Å². The molecule has 2 aromatic heterocycles. The molecule has 4 amide bonds. The van der Waals surface area contributed by atoms with Crippen LogP contribution < -0.4 is 9.80 Å². The molecular weight excluding hydrogens is 959 g/mol. The Labute approximate surface area is 438 Å². The van der Waals surface area contributed by atoms with Gasteiger partial charge in [-0.3, -0.25) is 33.9 Å². The van der Waals surface area contributed by atoms with Crippen molar-refractivity contribution in [1.29, 1.82) is 0 Å². The number of aliphatic hydroxyl groups is 1. The zero-order valence-electron chi connectivity index (χ0n) is 42.4. The first-order valence-corrected chi connectivity index (χ1v) is 25.7. The van der Waals surface area contributed by atoms with Crippen LogP contribution >= 0.6 is 0 Å². The minimum atomic E-state index is -0.336. The van der Waals surface area contributed by atoms with Crippen LogP contribution in [0.15, 0.2) is 133 Å². The second-order valence-electron chi connectivity index (χ2n) is 20.3. The van der Waals surface area contributed by atoms with Crippen molar-refractivity contribution in [3.8, 4) is 44.8 Å². The molecule has 1 N–H and O–H groups in total. The van der Waals surface area contributed by atoms with E-state index in [1.807, 2.05) is 58.0 Å². The van der Waals surface area contributed by atoms with Crippen LogP contribution in [0.5, 0.6) is 0 Å². The molecule has 0 spiro atoms. The van der Waals surface area contributed by atoms with Gasteiger partial charge in [-0.25, -0.2) is 18.6 Å². The van der Waals surface area contributed by atoms with Gasteiger partial charge in [0.2, 0.25) is 0 Å². The monoisotopic (exact) mass is 1010 g/mol. The summed E-state index contributed by atoms with van der Waals surface area (Å²) in [5.74, 6) is -1.87. The SMILES string of the molecule is CC(C)c1nc2c(c(-c3ccc(F)cc3)c1C=O)CCCc1cc(N3C(=O)c4ccccc4C3=O)ccc1-2.CC(C)c1nc2c(c(-c3ccc(F)cc3)c1CO)CCCc1cc(N3C(=O)c4ccccc4C3=O)ccc1-2. The van der Waals surface area contributed by atoms with Crippen LogP contribution in [0.4, 0.5) is 20.2 Å². The number of carbonyl (C=O) groups is 5. The summed E-state index contributed by atoms with van der Waals surface area (Å²) >= 11 is 0. The van der Waals surface area contributed by atoms with E-state index in [0.29, 0.717) is 51.3 Å². The predicted molar refractivity (Wildman–Crippen MR) is 289 cm³/mol. The van der Waals surface area contributed by atoms with Gasteiger partial charge in [-0.1, -0.05) is 88.4 Å². The first-order valence-electron chi connectivity index (χ1n) is 25.7. The van der Waals surface area contributed by atoms with E-state index in [4.69, 9.17) is 9.97 Å². The van der Waals surface area contributed by atoms with E-state index >= 15 is 0 Å². The summed E-state index contributed by atoms with van der Waals surface area (Å²) < 4.78 is 27.6. The number of aliphatic hydroxyl groups excluding tert-OH is 1. The van der Waals surface area contributed by atoms with Crippen molar-refractivity contribution >= 4 is 41.3 Å². The minimum Gasteiger partial charge on any atom is -0.392 e. The fraction of sp³-hybridized carbons (Fsp3) is 0.203. The van der Waals surface area contributed by atoms with Crippen molar-refractivity contribution in [2.75, 3.05) is 9.80 Å². The molecule has 6 aromatic carbocycles. The number of amides is 4. The maximum atomic E-state index is 13.8. The molecule has 0 saturated carbocycles. The molecule has 0 unspecified atom stereocenters. The van der Waals surface area contributed by atoms with Crippen molar-refractivity contribution in [3.05, 3.63) is 212 Å². The van der Waals surface area contributed by atoms with Crippen LogP contribution in [0, 0.1) is 11.6 Å². The second-order valence-corrected chi connectivity index (χ2v) is 20.3. The Morgan fingerprint density at radius 2 is 0.908 bits per heavy atom. The number of anilines is 2. The Bertz CT molecular complexity index is 3670. The summed E-state index contributed by atoms with van der Waals surface area (Å²) in [7, 11) is 0. The summed E-state index contributed by atoms with van der Waals surface area (Å²) in [5, 5.41) is 10.4. The molecule has 0 fully saturated rings. The fourth-order valence-electron chi connectivity index (χ4n) is 11.5. The number of aryl methyl sites for hydroxylation is 2. The Morgan fingerprint density at radius 1 is 0.513 bits per heavy atom. The number of imide groups is 2. The molecule has 0 radical (unpaired) electrons. The number of fused-ring (bicyclic) bond motifs is 8. The fourth-order valence-corrected chi connectivity index (χ4v) is 11.5. The Morgan fingerprint density at radius 3 is 1.30 bits per heavy atom. The van der Waals surface area contributed by atoms with Gasteiger partial charge in [0.05, 0.1) is 57.3 Å². The van der Waals surface area contributed by atoms with Crippen LogP contribution in [-0.2, 0) is 32.3 Å². The largest absolute Gasteiger partial charge is 0.392 e. The molecule has 378 valence electrons. The van der Waals surface area contributed by atoms with Gasteiger partial charge in [0.1, 0.15) is 11.6 Å². The van der Waals surface area contributed by atoms with E-state index < -0.39 is 0 Å². The third kappa shape index (κ3) is 8.42. The van der Waals surface area contributed by atoms with Gasteiger partial charge in [0.15, 0.2) is 6.29 Å². The molecule has 76 heavy (non-hydrogen) atoms. The summed E-state index contributed by atoms with van der Waals surface area (Å²) in [6, 6.07) is 37.7. The number of nitrogens with zero attached hydrogens (tertiary/aromatic N) is 4. The van der Waals surface area contributed by atoms with E-state index in [2.05, 4.69) is 0 Å². The lowest BCUT2D eigenvalue weighted by atomic mass is 9.87. The van der Waals surface area contributed by atoms with Gasteiger partial charge in [0, 0.05) is 27.9 Å². The van der Waals surface area contributed by atoms with Crippen LogP contribution in [-0.4, -0.2) is 45.0 Å². The van der Waals surface area contributed by atoms with Gasteiger partial charge in [-0.15, -0.1) is 0 Å². The van der Waals surface area contributed by atoms with Gasteiger partial charge in [-0.05, 0) is 168 Å². The summed E-state index contributed by atoms with van der Waals surface area (Å²) in [6.45, 7) is 7.93. The van der Waals surface area contributed by atoms with E-state index in [0.717, 1.165) is 117 Å². The molecule has 0 bridgehead atoms. The zero-order valence-corrected chi connectivity index (χ0v) is 42.4. The average molecular weight is 1010 g/mol. The maximum Gasteiger partial charge on any atom is 0.266 e. The second kappa shape index (κ2) is 19.9. The van der Waals surface area contributed by atoms with E-state index in [9.17, 15) is 37.9 Å². The third-order valence-electron chi connectivity index (χ3n) is 15.0. The molecule has 8 aromatic rings. The molecule has 2 aliphatic carbocycles. The molecule has 10 nitrogen and oxygen atoms in total. The van der Waals surface area contributed by atoms with Crippen LogP contribution in [0.3, 0.4) is 0 Å². The lowest BCUT2D eigenvalue weighted by Crippen LogP contribution is -2.29. The molecule has 0 atom stereocenters. The topological polar surface area (TPSA) is 138 Å². The standard InChI is InChI=1S/C32H27FN2O3.C32H25FN2O3/c2*1-18(2)29-27(17-36)28(19-10-12-21(33)13-11-19)26-9-5-6-20-16-22(14-15-23(20)30(26)34-29)35-31(37)24-7-3-4-8-25(24)32(35)38/h3-4,7-8,10-16,18,36H,5-6,9,17H2,1-2H3;3-4,7-8,10-18H,5-6,9H2,1-2H3. The lowest BCUT2D eigenvalue weighted by molar-refractivity contribution is 0.0910. The van der Waals surface area contributed by atoms with Crippen molar-refractivity contribution in [2.24, 2.45) is 0 Å². The predicted octanol–water partition coefficient (Wildman–Crippen LogP) is 13.2. The van der Waals surface area contributed by atoms with Crippen LogP contribution in [0.25, 0.3) is 44.8 Å². The minimum absolute atomic E-state index is 0.0102. The number of aldehydes is 1. The quantitative estimate of drug-likeness (QED) is 0.117. The highest BCUT2D eigenvalue weighted by atomic mass is 19.1. The number of rotatable bonds is 8. The van der Waals surface area contributed by atoms with E-state index in [1.54, 1.807) is 78.9 Å². The summed E-state index contributed by atoms with van der Waals surface area (Å²) in [4.78, 5) is 77.4. The lowest BCUT2D eigenvalue weighted by Gasteiger charge is -2.22. The first kappa shape index (κ1) is 49.6. The van der Waals surface area contributed by atoms with Crippen molar-refractivity contribution in [1.82, 2.24) is 9.97 Å². The molecule has 4 aliphatic rings. The molecule has 2 aliphatic heterocycles. The Hall–Kier alpha value is -8.61. The van der Waals surface area contributed by atoms with Crippen molar-refractivity contribution in [3.63, 3.8) is 0 Å². The molecular formula is C64H52F2N4O6. The number of hydrogen-bond acceptors (Lipinski definition) is 8. The number of hydrogen-bond donors (Lipinski definition) is 1. The highest BCUT2D eigenvalue weighted by Gasteiger charge is 2.39. The van der Waals surface area contributed by atoms with Gasteiger partial charge in [-0.2, -0.15) is 0 Å². The highest BCUT2D eigenvalue weighted by molar-refractivity contribution is 6.35. The first-order chi connectivity index (χ1) is 36.8. The average Bonchev–Trinajstić information content (AvgIpc) is 3.65. The normalized spacial score (nSPS) is 14.3. The van der Waals surface area contributed by atoms with Gasteiger partial charge in [0.25, 0.3) is 23.6 Å². The number of halogens is 2.